The van der Waals surface area contributed by atoms with Gasteiger partial charge in [0, 0.05) is 24.2 Å². The molecule has 2 amide bonds. The van der Waals surface area contributed by atoms with E-state index in [1.54, 1.807) is 24.3 Å². The van der Waals surface area contributed by atoms with Crippen LogP contribution in [0.15, 0.2) is 48.5 Å². The van der Waals surface area contributed by atoms with Crippen LogP contribution in [0, 0.1) is 5.41 Å². The Morgan fingerprint density at radius 3 is 2.11 bits per heavy atom. The summed E-state index contributed by atoms with van der Waals surface area (Å²) in [5, 5.41) is 15.2. The van der Waals surface area contributed by atoms with Crippen LogP contribution in [0.4, 0.5) is 5.69 Å². The molecule has 3 N–H and O–H groups in total. The van der Waals surface area contributed by atoms with Crippen molar-refractivity contribution in [3.05, 3.63) is 65.2 Å². The van der Waals surface area contributed by atoms with E-state index in [2.05, 4.69) is 10.6 Å². The van der Waals surface area contributed by atoms with Gasteiger partial charge in [-0.25, -0.2) is 0 Å². The molecule has 0 saturated carbocycles. The minimum absolute atomic E-state index is 0.102. The van der Waals surface area contributed by atoms with Gasteiger partial charge in [0.15, 0.2) is 0 Å². The van der Waals surface area contributed by atoms with Crippen molar-refractivity contribution in [3.63, 3.8) is 0 Å². The minimum atomic E-state index is -1.12. The van der Waals surface area contributed by atoms with Crippen molar-refractivity contribution >= 4 is 23.5 Å². The summed E-state index contributed by atoms with van der Waals surface area (Å²) in [6.07, 6.45) is 0.596. The van der Waals surface area contributed by atoms with E-state index < -0.39 is 11.4 Å². The fraction of sp³-hybridized carbons (Fsp3) is 0.286. The number of carbonyl (C=O) groups is 3. The molecule has 0 bridgehead atoms. The molecule has 0 atom stereocenters. The first-order valence-corrected chi connectivity index (χ1v) is 8.92. The van der Waals surface area contributed by atoms with Gasteiger partial charge in [0.25, 0.3) is 5.91 Å². The van der Waals surface area contributed by atoms with Crippen LogP contribution in [0.2, 0.25) is 0 Å². The second kappa shape index (κ2) is 7.61. The second-order valence-electron chi connectivity index (χ2n) is 6.87. The van der Waals surface area contributed by atoms with Crippen molar-refractivity contribution in [1.29, 1.82) is 0 Å². The highest BCUT2D eigenvalue weighted by Gasteiger charge is 2.45. The number of hydrogen-bond donors (Lipinski definition) is 3. The molecule has 1 aliphatic carbocycles. The lowest BCUT2D eigenvalue weighted by Crippen LogP contribution is -2.36. The number of carboxylic acid groups (broad SMARTS) is 1. The Hall–Kier alpha value is -3.15. The molecular formula is C21H22N2O4. The summed E-state index contributed by atoms with van der Waals surface area (Å²) in [6, 6.07) is 14.1. The Bertz CT molecular complexity index is 849. The number of aliphatic carboxylic acids is 1. The van der Waals surface area contributed by atoms with E-state index in [0.717, 1.165) is 11.1 Å². The van der Waals surface area contributed by atoms with Crippen molar-refractivity contribution in [1.82, 2.24) is 5.32 Å². The predicted octanol–water partition coefficient (Wildman–Crippen LogP) is 2.63. The standard InChI is InChI=1S/C21H22N2O4/c1-2-22-19(25)14-7-9-17(10-8-14)23-18(24)13-21(20(26)27)11-15-5-3-4-6-16(15)12-21/h3-10H,2,11-13H2,1H3,(H,22,25)(H,23,24)(H,26,27). The number of nitrogens with one attached hydrogen (secondary N) is 2. The van der Waals surface area contributed by atoms with E-state index in [9.17, 15) is 19.5 Å². The molecule has 0 unspecified atom stereocenters. The van der Waals surface area contributed by atoms with Gasteiger partial charge in [-0.2, -0.15) is 0 Å². The SMILES string of the molecule is CCNC(=O)c1ccc(NC(=O)CC2(C(=O)O)Cc3ccccc3C2)cc1. The van der Waals surface area contributed by atoms with Gasteiger partial charge in [-0.3, -0.25) is 14.4 Å². The van der Waals surface area contributed by atoms with Crippen LogP contribution in [0.3, 0.4) is 0 Å². The molecule has 0 fully saturated rings. The molecule has 27 heavy (non-hydrogen) atoms. The van der Waals surface area contributed by atoms with Crippen molar-refractivity contribution in [2.45, 2.75) is 26.2 Å². The maximum absolute atomic E-state index is 12.5. The Balaban J connectivity index is 1.68. The molecule has 1 aliphatic rings. The van der Waals surface area contributed by atoms with Crippen molar-refractivity contribution in [2.75, 3.05) is 11.9 Å². The zero-order valence-electron chi connectivity index (χ0n) is 15.1. The largest absolute Gasteiger partial charge is 0.481 e. The van der Waals surface area contributed by atoms with E-state index in [1.807, 2.05) is 31.2 Å². The van der Waals surface area contributed by atoms with Gasteiger partial charge in [0.1, 0.15) is 0 Å². The van der Waals surface area contributed by atoms with E-state index in [1.165, 1.54) is 0 Å². The van der Waals surface area contributed by atoms with E-state index in [4.69, 9.17) is 0 Å². The summed E-state index contributed by atoms with van der Waals surface area (Å²) in [7, 11) is 0. The molecular weight excluding hydrogens is 344 g/mol. The van der Waals surface area contributed by atoms with Gasteiger partial charge < -0.3 is 15.7 Å². The molecule has 0 aliphatic heterocycles. The van der Waals surface area contributed by atoms with Gasteiger partial charge in [-0.05, 0) is 55.2 Å². The molecule has 6 heteroatoms. The Morgan fingerprint density at radius 1 is 1.00 bits per heavy atom. The summed E-state index contributed by atoms with van der Waals surface area (Å²) >= 11 is 0. The second-order valence-corrected chi connectivity index (χ2v) is 6.87. The Kier molecular flexibility index (Phi) is 5.26. The molecule has 0 saturated heterocycles. The first-order chi connectivity index (χ1) is 12.9. The average molecular weight is 366 g/mol. The van der Waals surface area contributed by atoms with Crippen molar-refractivity contribution < 1.29 is 19.5 Å². The van der Waals surface area contributed by atoms with E-state index in [0.29, 0.717) is 30.6 Å². The van der Waals surface area contributed by atoms with Crippen LogP contribution in [0.1, 0.15) is 34.8 Å². The lowest BCUT2D eigenvalue weighted by Gasteiger charge is -2.23. The third-order valence-electron chi connectivity index (χ3n) is 4.90. The maximum atomic E-state index is 12.5. The zero-order valence-corrected chi connectivity index (χ0v) is 15.1. The quantitative estimate of drug-likeness (QED) is 0.732. The van der Waals surface area contributed by atoms with Gasteiger partial charge in [-0.1, -0.05) is 24.3 Å². The van der Waals surface area contributed by atoms with Gasteiger partial charge >= 0.3 is 5.97 Å². The smallest absolute Gasteiger partial charge is 0.310 e. The van der Waals surface area contributed by atoms with Gasteiger partial charge in [0.05, 0.1) is 5.41 Å². The van der Waals surface area contributed by atoms with Crippen LogP contribution < -0.4 is 10.6 Å². The molecule has 0 spiro atoms. The molecule has 2 aromatic carbocycles. The zero-order chi connectivity index (χ0) is 19.4. The van der Waals surface area contributed by atoms with Crippen LogP contribution in [0.25, 0.3) is 0 Å². The normalized spacial score (nSPS) is 14.3. The average Bonchev–Trinajstić information content (AvgIpc) is 3.01. The molecule has 6 nitrogen and oxygen atoms in total. The number of hydrogen-bond acceptors (Lipinski definition) is 3. The number of rotatable bonds is 6. The number of benzene rings is 2. The minimum Gasteiger partial charge on any atom is -0.481 e. The maximum Gasteiger partial charge on any atom is 0.310 e. The molecule has 2 aromatic rings. The summed E-state index contributed by atoms with van der Waals surface area (Å²) in [5.74, 6) is -1.49. The topological polar surface area (TPSA) is 95.5 Å². The number of carboxylic acids is 1. The Morgan fingerprint density at radius 2 is 1.59 bits per heavy atom. The highest BCUT2D eigenvalue weighted by molar-refractivity contribution is 5.97. The fourth-order valence-corrected chi connectivity index (χ4v) is 3.53. The van der Waals surface area contributed by atoms with Crippen LogP contribution >= 0.6 is 0 Å². The summed E-state index contributed by atoms with van der Waals surface area (Å²) in [5.41, 5.74) is 1.89. The fourth-order valence-electron chi connectivity index (χ4n) is 3.53. The van der Waals surface area contributed by atoms with Gasteiger partial charge in [-0.15, -0.1) is 0 Å². The number of fused-ring (bicyclic) bond motifs is 1. The lowest BCUT2D eigenvalue weighted by atomic mass is 9.81. The number of anilines is 1. The summed E-state index contributed by atoms with van der Waals surface area (Å²) in [6.45, 7) is 2.38. The first-order valence-electron chi connectivity index (χ1n) is 8.92. The highest BCUT2D eigenvalue weighted by atomic mass is 16.4. The predicted molar refractivity (Wildman–Crippen MR) is 102 cm³/mol. The molecule has 0 radical (unpaired) electrons. The van der Waals surface area contributed by atoms with Crippen molar-refractivity contribution in [2.24, 2.45) is 5.41 Å². The van der Waals surface area contributed by atoms with Crippen LogP contribution in [-0.4, -0.2) is 29.4 Å². The Labute approximate surface area is 157 Å². The highest BCUT2D eigenvalue weighted by Crippen LogP contribution is 2.40. The number of amides is 2. The van der Waals surface area contributed by atoms with Crippen molar-refractivity contribution in [3.8, 4) is 0 Å². The van der Waals surface area contributed by atoms with Crippen LogP contribution in [-0.2, 0) is 22.4 Å². The number of carbonyl (C=O) groups excluding carboxylic acids is 2. The lowest BCUT2D eigenvalue weighted by molar-refractivity contribution is -0.150. The molecule has 0 aromatic heterocycles. The third-order valence-corrected chi connectivity index (χ3v) is 4.90. The van der Waals surface area contributed by atoms with Gasteiger partial charge in [0.2, 0.25) is 5.91 Å². The summed E-state index contributed by atoms with van der Waals surface area (Å²) < 4.78 is 0. The van der Waals surface area contributed by atoms with E-state index in [-0.39, 0.29) is 18.2 Å². The summed E-state index contributed by atoms with van der Waals surface area (Å²) in [4.78, 5) is 36.2. The third kappa shape index (κ3) is 4.00. The monoisotopic (exact) mass is 366 g/mol. The molecule has 0 heterocycles. The molecule has 3 rings (SSSR count). The van der Waals surface area contributed by atoms with E-state index >= 15 is 0 Å². The first kappa shape index (κ1) is 18.6. The molecule has 140 valence electrons. The van der Waals surface area contributed by atoms with Crippen LogP contribution in [0.5, 0.6) is 0 Å².